The highest BCUT2D eigenvalue weighted by molar-refractivity contribution is 6.43. The molecule has 1 aromatic carbocycles. The van der Waals surface area contributed by atoms with Gasteiger partial charge in [0, 0.05) is 6.07 Å². The second-order valence-corrected chi connectivity index (χ2v) is 6.12. The summed E-state index contributed by atoms with van der Waals surface area (Å²) in [5.74, 6) is 0.0437. The smallest absolute Gasteiger partial charge is 0.338 e. The van der Waals surface area contributed by atoms with Crippen LogP contribution in [0.2, 0.25) is 10.0 Å². The molecule has 1 saturated carbocycles. The lowest BCUT2D eigenvalue weighted by Crippen LogP contribution is -2.23. The Morgan fingerprint density at radius 3 is 2.48 bits per heavy atom. The van der Waals surface area contributed by atoms with Crippen LogP contribution in [0.4, 0.5) is 5.69 Å². The van der Waals surface area contributed by atoms with Gasteiger partial charge in [-0.3, -0.25) is 10.1 Å². The summed E-state index contributed by atoms with van der Waals surface area (Å²) < 4.78 is 5.39. The van der Waals surface area contributed by atoms with Crippen molar-refractivity contribution in [3.63, 3.8) is 0 Å². The Labute approximate surface area is 132 Å². The lowest BCUT2D eigenvalue weighted by atomic mass is 9.89. The van der Waals surface area contributed by atoms with Gasteiger partial charge in [-0.1, -0.05) is 30.1 Å². The second kappa shape index (κ2) is 6.62. The molecule has 0 aliphatic heterocycles. The Morgan fingerprint density at radius 2 is 1.90 bits per heavy atom. The van der Waals surface area contributed by atoms with E-state index in [1.807, 2.05) is 0 Å². The molecule has 114 valence electrons. The number of esters is 1. The van der Waals surface area contributed by atoms with E-state index >= 15 is 0 Å². The van der Waals surface area contributed by atoms with E-state index in [2.05, 4.69) is 6.92 Å². The van der Waals surface area contributed by atoms with E-state index in [1.165, 1.54) is 6.07 Å². The predicted molar refractivity (Wildman–Crippen MR) is 80.0 cm³/mol. The molecule has 1 aliphatic carbocycles. The van der Waals surface area contributed by atoms with Crippen molar-refractivity contribution in [3.05, 3.63) is 37.9 Å². The van der Waals surface area contributed by atoms with Crippen molar-refractivity contribution in [2.24, 2.45) is 5.92 Å². The van der Waals surface area contributed by atoms with E-state index in [0.717, 1.165) is 31.7 Å². The summed E-state index contributed by atoms with van der Waals surface area (Å²) >= 11 is 11.6. The molecule has 0 radical (unpaired) electrons. The van der Waals surface area contributed by atoms with Crippen LogP contribution in [-0.2, 0) is 4.74 Å². The first-order valence-electron chi connectivity index (χ1n) is 6.73. The molecule has 0 N–H and O–H groups in total. The highest BCUT2D eigenvalue weighted by Crippen LogP contribution is 2.34. The zero-order valence-corrected chi connectivity index (χ0v) is 13.0. The number of carbonyl (C=O) groups excluding carboxylic acids is 1. The molecule has 0 bridgehead atoms. The Bertz CT molecular complexity index is 568. The first-order valence-corrected chi connectivity index (χ1v) is 7.48. The topological polar surface area (TPSA) is 69.4 Å². The molecule has 0 heterocycles. The third-order valence-electron chi connectivity index (χ3n) is 3.68. The minimum atomic E-state index is -0.673. The number of rotatable bonds is 3. The van der Waals surface area contributed by atoms with E-state index in [4.69, 9.17) is 27.9 Å². The molecular weight excluding hydrogens is 317 g/mol. The maximum absolute atomic E-state index is 12.1. The van der Waals surface area contributed by atoms with Crippen LogP contribution in [0.25, 0.3) is 0 Å². The van der Waals surface area contributed by atoms with E-state index in [0.29, 0.717) is 5.92 Å². The predicted octanol–water partition coefficient (Wildman–Crippen LogP) is 4.64. The lowest BCUT2D eigenvalue weighted by Gasteiger charge is -2.26. The van der Waals surface area contributed by atoms with Crippen molar-refractivity contribution in [2.75, 3.05) is 0 Å². The highest BCUT2D eigenvalue weighted by Gasteiger charge is 2.25. The number of ether oxygens (including phenoxy) is 1. The van der Waals surface area contributed by atoms with E-state index in [-0.39, 0.29) is 21.7 Å². The maximum atomic E-state index is 12.1. The molecule has 0 aromatic heterocycles. The lowest BCUT2D eigenvalue weighted by molar-refractivity contribution is -0.384. The number of benzene rings is 1. The van der Waals surface area contributed by atoms with Gasteiger partial charge >= 0.3 is 5.97 Å². The number of nitro benzene ring substituents is 1. The average Bonchev–Trinajstić information content (AvgIpc) is 2.43. The second-order valence-electron chi connectivity index (χ2n) is 5.34. The first-order chi connectivity index (χ1) is 9.88. The Balaban J connectivity index is 2.14. The van der Waals surface area contributed by atoms with Gasteiger partial charge in [0.15, 0.2) is 0 Å². The van der Waals surface area contributed by atoms with Gasteiger partial charge in [-0.05, 0) is 37.7 Å². The van der Waals surface area contributed by atoms with Gasteiger partial charge in [-0.2, -0.15) is 0 Å². The van der Waals surface area contributed by atoms with E-state index in [1.54, 1.807) is 0 Å². The van der Waals surface area contributed by atoms with Crippen molar-refractivity contribution >= 4 is 34.9 Å². The minimum Gasteiger partial charge on any atom is -0.459 e. The van der Waals surface area contributed by atoms with Gasteiger partial charge in [0.1, 0.15) is 11.1 Å². The zero-order chi connectivity index (χ0) is 15.6. The third-order valence-corrected chi connectivity index (χ3v) is 4.47. The van der Waals surface area contributed by atoms with Gasteiger partial charge in [0.25, 0.3) is 5.69 Å². The molecule has 0 saturated heterocycles. The summed E-state index contributed by atoms with van der Waals surface area (Å²) in [5, 5.41) is 10.7. The van der Waals surface area contributed by atoms with Gasteiger partial charge in [-0.15, -0.1) is 0 Å². The minimum absolute atomic E-state index is 0.0323. The van der Waals surface area contributed by atoms with Crippen LogP contribution in [0.1, 0.15) is 43.0 Å². The monoisotopic (exact) mass is 331 g/mol. The third kappa shape index (κ3) is 3.86. The van der Waals surface area contributed by atoms with Crippen LogP contribution in [0.15, 0.2) is 12.1 Å². The quantitative estimate of drug-likeness (QED) is 0.459. The molecule has 0 amide bonds. The largest absolute Gasteiger partial charge is 0.459 e. The summed E-state index contributed by atoms with van der Waals surface area (Å²) in [5.41, 5.74) is -0.344. The fourth-order valence-corrected chi connectivity index (χ4v) is 2.78. The fraction of sp³-hybridized carbons (Fsp3) is 0.500. The summed E-state index contributed by atoms with van der Waals surface area (Å²) in [4.78, 5) is 22.3. The molecule has 1 aliphatic rings. The number of hydrogen-bond donors (Lipinski definition) is 0. The SMILES string of the molecule is CC1CCC(OC(=O)c2cc(Cl)c(Cl)c([N+](=O)[O-])c2)CC1. The molecule has 0 spiro atoms. The molecule has 1 aromatic rings. The number of carbonyl (C=O) groups is 1. The van der Waals surface area contributed by atoms with E-state index < -0.39 is 16.6 Å². The van der Waals surface area contributed by atoms with Gasteiger partial charge < -0.3 is 4.74 Å². The standard InChI is InChI=1S/C14H15Cl2NO4/c1-8-2-4-10(5-3-8)21-14(18)9-6-11(15)13(16)12(7-9)17(19)20/h6-8,10H,2-5H2,1H3. The Morgan fingerprint density at radius 1 is 1.29 bits per heavy atom. The summed E-state index contributed by atoms with van der Waals surface area (Å²) in [7, 11) is 0. The molecule has 1 fully saturated rings. The van der Waals surface area contributed by atoms with Gasteiger partial charge in [-0.25, -0.2) is 4.79 Å². The normalized spacial score (nSPS) is 21.9. The first kappa shape index (κ1) is 16.0. The Hall–Kier alpha value is -1.33. The molecule has 7 heteroatoms. The number of hydrogen-bond acceptors (Lipinski definition) is 4. The number of halogens is 2. The molecular formula is C14H15Cl2NO4. The molecule has 5 nitrogen and oxygen atoms in total. The molecule has 2 rings (SSSR count). The van der Waals surface area contributed by atoms with Crippen LogP contribution >= 0.6 is 23.2 Å². The molecule has 0 atom stereocenters. The van der Waals surface area contributed by atoms with Crippen molar-refractivity contribution in [1.29, 1.82) is 0 Å². The van der Waals surface area contributed by atoms with Crippen LogP contribution in [0.3, 0.4) is 0 Å². The van der Waals surface area contributed by atoms with E-state index in [9.17, 15) is 14.9 Å². The van der Waals surface area contributed by atoms with Crippen LogP contribution in [-0.4, -0.2) is 17.0 Å². The van der Waals surface area contributed by atoms with Crippen molar-refractivity contribution in [1.82, 2.24) is 0 Å². The van der Waals surface area contributed by atoms with Crippen LogP contribution < -0.4 is 0 Å². The van der Waals surface area contributed by atoms with Crippen molar-refractivity contribution in [3.8, 4) is 0 Å². The summed E-state index contributed by atoms with van der Waals surface area (Å²) in [6.45, 7) is 2.17. The maximum Gasteiger partial charge on any atom is 0.338 e. The van der Waals surface area contributed by atoms with Gasteiger partial charge in [0.05, 0.1) is 15.5 Å². The van der Waals surface area contributed by atoms with Gasteiger partial charge in [0.2, 0.25) is 0 Å². The highest BCUT2D eigenvalue weighted by atomic mass is 35.5. The average molecular weight is 332 g/mol. The van der Waals surface area contributed by atoms with Crippen LogP contribution in [0.5, 0.6) is 0 Å². The fourth-order valence-electron chi connectivity index (χ4n) is 2.39. The number of nitro groups is 1. The van der Waals surface area contributed by atoms with Crippen molar-refractivity contribution < 1.29 is 14.5 Å². The molecule has 21 heavy (non-hydrogen) atoms. The molecule has 0 unspecified atom stereocenters. The van der Waals surface area contributed by atoms with Crippen LogP contribution in [0, 0.1) is 16.0 Å². The van der Waals surface area contributed by atoms with Crippen molar-refractivity contribution in [2.45, 2.75) is 38.7 Å². The summed E-state index contributed by atoms with van der Waals surface area (Å²) in [6.07, 6.45) is 3.52. The zero-order valence-electron chi connectivity index (χ0n) is 11.5. The number of nitrogens with zero attached hydrogens (tertiary/aromatic N) is 1. The summed E-state index contributed by atoms with van der Waals surface area (Å²) in [6, 6.07) is 2.40. The Kier molecular flexibility index (Phi) is 5.06.